The molecule has 0 unspecified atom stereocenters. The first kappa shape index (κ1) is 17.4. The average molecular weight is 389 g/mol. The molecule has 4 aromatic rings. The number of furan rings is 1. The molecule has 0 aliphatic heterocycles. The summed E-state index contributed by atoms with van der Waals surface area (Å²) in [7, 11) is 0. The Balaban J connectivity index is 1.47. The number of nitrogens with one attached hydrogen (secondary N) is 2. The molecule has 1 saturated carbocycles. The minimum Gasteiger partial charge on any atom is -0.442 e. The lowest BCUT2D eigenvalue weighted by molar-refractivity contribution is 0.102. The molecular formula is C20H19N7O2. The topological polar surface area (TPSA) is 111 Å². The number of pyridine rings is 1. The Labute approximate surface area is 166 Å². The average Bonchev–Trinajstić information content (AvgIpc) is 3.12. The third kappa shape index (κ3) is 3.20. The van der Waals surface area contributed by atoms with Crippen LogP contribution >= 0.6 is 0 Å². The van der Waals surface area contributed by atoms with Crippen LogP contribution in [0, 0.1) is 6.92 Å². The van der Waals surface area contributed by atoms with Gasteiger partial charge in [0.1, 0.15) is 17.9 Å². The van der Waals surface area contributed by atoms with E-state index in [1.165, 1.54) is 6.33 Å². The van der Waals surface area contributed by atoms with E-state index in [2.05, 4.69) is 37.6 Å². The first-order valence-corrected chi connectivity index (χ1v) is 9.31. The van der Waals surface area contributed by atoms with Crippen molar-refractivity contribution in [2.24, 2.45) is 0 Å². The molecule has 29 heavy (non-hydrogen) atoms. The van der Waals surface area contributed by atoms with E-state index in [-0.39, 0.29) is 11.4 Å². The number of carbonyl (C=O) groups is 1. The van der Waals surface area contributed by atoms with Gasteiger partial charge in [0, 0.05) is 11.7 Å². The van der Waals surface area contributed by atoms with Crippen molar-refractivity contribution in [3.8, 4) is 5.69 Å². The lowest BCUT2D eigenvalue weighted by Crippen LogP contribution is -2.18. The second-order valence-corrected chi connectivity index (χ2v) is 7.46. The fourth-order valence-electron chi connectivity index (χ4n) is 3.22. The van der Waals surface area contributed by atoms with Crippen LogP contribution < -0.4 is 10.6 Å². The molecule has 0 saturated heterocycles. The molecule has 4 heterocycles. The monoisotopic (exact) mass is 389 g/mol. The fraction of sp³-hybridized carbons (Fsp3) is 0.250. The van der Waals surface area contributed by atoms with Gasteiger partial charge in [0.05, 0.1) is 40.9 Å². The number of hydrogen-bond acceptors (Lipinski definition) is 7. The highest BCUT2D eigenvalue weighted by molar-refractivity contribution is 6.15. The van der Waals surface area contributed by atoms with Gasteiger partial charge in [-0.2, -0.15) is 5.10 Å². The number of carbonyl (C=O) groups excluding carboxylic acids is 1. The van der Waals surface area contributed by atoms with E-state index in [1.54, 1.807) is 36.4 Å². The maximum Gasteiger partial charge on any atom is 0.260 e. The molecule has 1 aliphatic carbocycles. The van der Waals surface area contributed by atoms with E-state index in [0.717, 1.165) is 18.5 Å². The Morgan fingerprint density at radius 2 is 2.14 bits per heavy atom. The number of hydrogen-bond donors (Lipinski definition) is 2. The van der Waals surface area contributed by atoms with Crippen LogP contribution in [0.25, 0.3) is 16.8 Å². The quantitative estimate of drug-likeness (QED) is 0.538. The number of amides is 1. The van der Waals surface area contributed by atoms with E-state index in [4.69, 9.17) is 4.42 Å². The number of aryl methyl sites for hydroxylation is 1. The smallest absolute Gasteiger partial charge is 0.260 e. The molecule has 5 rings (SSSR count). The van der Waals surface area contributed by atoms with Crippen molar-refractivity contribution in [2.75, 3.05) is 10.6 Å². The number of aromatic nitrogens is 5. The third-order valence-corrected chi connectivity index (χ3v) is 5.06. The van der Waals surface area contributed by atoms with E-state index in [0.29, 0.717) is 33.9 Å². The van der Waals surface area contributed by atoms with Crippen LogP contribution in [0.1, 0.15) is 35.9 Å². The van der Waals surface area contributed by atoms with E-state index >= 15 is 0 Å². The minimum atomic E-state index is -0.300. The van der Waals surface area contributed by atoms with Gasteiger partial charge in [-0.1, -0.05) is 0 Å². The molecule has 1 aliphatic rings. The van der Waals surface area contributed by atoms with Crippen molar-refractivity contribution in [3.63, 3.8) is 0 Å². The molecule has 1 fully saturated rings. The summed E-state index contributed by atoms with van der Waals surface area (Å²) in [4.78, 5) is 25.7. The van der Waals surface area contributed by atoms with Crippen LogP contribution in [-0.2, 0) is 0 Å². The summed E-state index contributed by atoms with van der Waals surface area (Å²) >= 11 is 0. The molecule has 9 nitrogen and oxygen atoms in total. The highest BCUT2D eigenvalue weighted by Crippen LogP contribution is 2.40. The fourth-order valence-corrected chi connectivity index (χ4v) is 3.22. The lowest BCUT2D eigenvalue weighted by Gasteiger charge is -2.13. The van der Waals surface area contributed by atoms with Crippen molar-refractivity contribution in [1.29, 1.82) is 0 Å². The van der Waals surface area contributed by atoms with Gasteiger partial charge < -0.3 is 15.1 Å². The van der Waals surface area contributed by atoms with Gasteiger partial charge in [0.25, 0.3) is 5.91 Å². The van der Waals surface area contributed by atoms with Crippen LogP contribution in [0.15, 0.2) is 47.7 Å². The molecule has 9 heteroatoms. The summed E-state index contributed by atoms with van der Waals surface area (Å²) < 4.78 is 7.37. The van der Waals surface area contributed by atoms with Crippen molar-refractivity contribution in [2.45, 2.75) is 32.2 Å². The third-order valence-electron chi connectivity index (χ3n) is 5.06. The van der Waals surface area contributed by atoms with Crippen LogP contribution in [-0.4, -0.2) is 36.2 Å². The van der Waals surface area contributed by atoms with Crippen molar-refractivity contribution in [1.82, 2.24) is 24.7 Å². The molecule has 0 bridgehead atoms. The maximum absolute atomic E-state index is 13.1. The SMILES string of the molecule is Cc1oc2ncnc(NC3(C)CC3)c2c1C(=O)Nc1cnn(-c2cccnc2)c1. The van der Waals surface area contributed by atoms with Gasteiger partial charge in [-0.25, -0.2) is 14.6 Å². The van der Waals surface area contributed by atoms with Gasteiger partial charge in [0.2, 0.25) is 5.71 Å². The zero-order chi connectivity index (χ0) is 20.0. The molecule has 0 aromatic carbocycles. The van der Waals surface area contributed by atoms with Crippen molar-refractivity contribution >= 4 is 28.5 Å². The highest BCUT2D eigenvalue weighted by atomic mass is 16.3. The van der Waals surface area contributed by atoms with Gasteiger partial charge in [-0.05, 0) is 38.8 Å². The zero-order valence-corrected chi connectivity index (χ0v) is 16.0. The van der Waals surface area contributed by atoms with Crippen LogP contribution in [0.5, 0.6) is 0 Å². The molecule has 0 radical (unpaired) electrons. The van der Waals surface area contributed by atoms with Gasteiger partial charge in [0.15, 0.2) is 0 Å². The maximum atomic E-state index is 13.1. The Morgan fingerprint density at radius 3 is 2.90 bits per heavy atom. The van der Waals surface area contributed by atoms with Crippen LogP contribution in [0.2, 0.25) is 0 Å². The number of anilines is 2. The standard InChI is InChI=1S/C20H19N7O2/c1-12-15(16-17(26-20(2)5-6-20)22-11-23-19(16)29-12)18(28)25-13-8-24-27(10-13)14-4-3-7-21-9-14/h3-4,7-11H,5-6H2,1-2H3,(H,25,28)(H,22,23,26). The second kappa shape index (κ2) is 6.40. The van der Waals surface area contributed by atoms with Gasteiger partial charge in [-0.3, -0.25) is 9.78 Å². The summed E-state index contributed by atoms with van der Waals surface area (Å²) in [6, 6.07) is 3.71. The lowest BCUT2D eigenvalue weighted by atomic mass is 10.1. The summed E-state index contributed by atoms with van der Waals surface area (Å²) in [5.41, 5.74) is 2.18. The van der Waals surface area contributed by atoms with Crippen LogP contribution in [0.3, 0.4) is 0 Å². The first-order chi connectivity index (χ1) is 14.0. The van der Waals surface area contributed by atoms with Crippen LogP contribution in [0.4, 0.5) is 11.5 Å². The zero-order valence-electron chi connectivity index (χ0n) is 16.0. The molecular weight excluding hydrogens is 370 g/mol. The normalized spacial score (nSPS) is 14.7. The van der Waals surface area contributed by atoms with Gasteiger partial charge in [-0.15, -0.1) is 0 Å². The van der Waals surface area contributed by atoms with E-state index in [1.807, 2.05) is 12.1 Å². The van der Waals surface area contributed by atoms with Gasteiger partial charge >= 0.3 is 0 Å². The highest BCUT2D eigenvalue weighted by Gasteiger charge is 2.38. The van der Waals surface area contributed by atoms with E-state index < -0.39 is 0 Å². The Hall–Kier alpha value is -3.75. The van der Waals surface area contributed by atoms with E-state index in [9.17, 15) is 4.79 Å². The summed E-state index contributed by atoms with van der Waals surface area (Å²) in [6.07, 6.45) is 10.3. The largest absolute Gasteiger partial charge is 0.442 e. The predicted molar refractivity (Wildman–Crippen MR) is 107 cm³/mol. The molecule has 0 atom stereocenters. The molecule has 1 amide bonds. The number of rotatable bonds is 5. The van der Waals surface area contributed by atoms with Crippen molar-refractivity contribution < 1.29 is 9.21 Å². The van der Waals surface area contributed by atoms with Crippen molar-refractivity contribution in [3.05, 3.63) is 54.6 Å². The number of nitrogens with zero attached hydrogens (tertiary/aromatic N) is 5. The second-order valence-electron chi connectivity index (χ2n) is 7.46. The minimum absolute atomic E-state index is 0.00502. The Kier molecular flexibility index (Phi) is 3.83. The molecule has 0 spiro atoms. The number of fused-ring (bicyclic) bond motifs is 1. The molecule has 146 valence electrons. The Bertz CT molecular complexity index is 1210. The Morgan fingerprint density at radius 1 is 1.28 bits per heavy atom. The molecule has 4 aromatic heterocycles. The first-order valence-electron chi connectivity index (χ1n) is 9.31. The molecule has 2 N–H and O–H groups in total. The summed E-state index contributed by atoms with van der Waals surface area (Å²) in [6.45, 7) is 3.87. The summed E-state index contributed by atoms with van der Waals surface area (Å²) in [5.74, 6) is 0.801. The summed E-state index contributed by atoms with van der Waals surface area (Å²) in [5, 5.41) is 11.2. The predicted octanol–water partition coefficient (Wildman–Crippen LogP) is 3.33.